The predicted octanol–water partition coefficient (Wildman–Crippen LogP) is 3.02. The van der Waals surface area contributed by atoms with E-state index in [9.17, 15) is 9.59 Å². The number of carbonyl (C=O) groups is 2. The van der Waals surface area contributed by atoms with Crippen LogP contribution in [-0.4, -0.2) is 25.3 Å². The van der Waals surface area contributed by atoms with E-state index in [2.05, 4.69) is 5.32 Å². The van der Waals surface area contributed by atoms with Gasteiger partial charge in [0.25, 0.3) is 5.91 Å². The van der Waals surface area contributed by atoms with E-state index in [1.165, 1.54) is 0 Å². The van der Waals surface area contributed by atoms with Gasteiger partial charge in [-0.3, -0.25) is 9.59 Å². The Kier molecular flexibility index (Phi) is 5.69. The molecule has 118 valence electrons. The molecule has 0 bridgehead atoms. The summed E-state index contributed by atoms with van der Waals surface area (Å²) in [5.74, 6) is 0.267. The van der Waals surface area contributed by atoms with Crippen LogP contribution >= 0.6 is 0 Å². The van der Waals surface area contributed by atoms with Crippen molar-refractivity contribution in [2.75, 3.05) is 13.7 Å². The average Bonchev–Trinajstić information content (AvgIpc) is 2.58. The standard InChI is InChI=1S/C19H19NO3/c1-14-4-3-5-15(12-14)6-11-18(21)16-7-9-17(10-8-16)23-13-19(22)20-2/h3-12H,13H2,1-2H3,(H,20,22)/b11-6+. The van der Waals surface area contributed by atoms with Crippen LogP contribution in [0.1, 0.15) is 21.5 Å². The van der Waals surface area contributed by atoms with Gasteiger partial charge < -0.3 is 10.1 Å². The SMILES string of the molecule is CNC(=O)COc1ccc(C(=O)/C=C/c2cccc(C)c2)cc1. The summed E-state index contributed by atoms with van der Waals surface area (Å²) in [7, 11) is 1.55. The predicted molar refractivity (Wildman–Crippen MR) is 90.5 cm³/mol. The molecule has 0 radical (unpaired) electrons. The second-order valence-electron chi connectivity index (χ2n) is 5.10. The van der Waals surface area contributed by atoms with Gasteiger partial charge in [-0.05, 0) is 42.8 Å². The summed E-state index contributed by atoms with van der Waals surface area (Å²) in [6.45, 7) is 1.97. The molecule has 0 fully saturated rings. The molecule has 4 heteroatoms. The molecule has 2 aromatic carbocycles. The molecule has 2 aromatic rings. The molecular formula is C19H19NO3. The van der Waals surface area contributed by atoms with E-state index in [0.717, 1.165) is 11.1 Å². The van der Waals surface area contributed by atoms with E-state index in [-0.39, 0.29) is 18.3 Å². The summed E-state index contributed by atoms with van der Waals surface area (Å²) in [6.07, 6.45) is 3.35. The van der Waals surface area contributed by atoms with Crippen LogP contribution in [0.5, 0.6) is 5.75 Å². The fourth-order valence-electron chi connectivity index (χ4n) is 1.98. The average molecular weight is 309 g/mol. The maximum absolute atomic E-state index is 12.1. The van der Waals surface area contributed by atoms with Crippen molar-refractivity contribution < 1.29 is 14.3 Å². The summed E-state index contributed by atoms with van der Waals surface area (Å²) >= 11 is 0. The number of nitrogens with one attached hydrogen (secondary N) is 1. The minimum absolute atomic E-state index is 0.0446. The van der Waals surface area contributed by atoms with Crippen molar-refractivity contribution in [3.8, 4) is 5.75 Å². The molecular weight excluding hydrogens is 290 g/mol. The summed E-state index contributed by atoms with van der Waals surface area (Å²) in [5, 5.41) is 2.47. The van der Waals surface area contributed by atoms with Crippen molar-refractivity contribution in [2.45, 2.75) is 6.92 Å². The molecule has 0 atom stereocenters. The molecule has 4 nitrogen and oxygen atoms in total. The van der Waals surface area contributed by atoms with Crippen LogP contribution in [0.25, 0.3) is 6.08 Å². The molecule has 0 aliphatic carbocycles. The van der Waals surface area contributed by atoms with Crippen LogP contribution in [0.4, 0.5) is 0 Å². The van der Waals surface area contributed by atoms with Gasteiger partial charge in [0.05, 0.1) is 0 Å². The maximum atomic E-state index is 12.1. The van der Waals surface area contributed by atoms with Crippen molar-refractivity contribution >= 4 is 17.8 Å². The van der Waals surface area contributed by atoms with Gasteiger partial charge in [-0.2, -0.15) is 0 Å². The normalized spacial score (nSPS) is 10.5. The monoisotopic (exact) mass is 309 g/mol. The van der Waals surface area contributed by atoms with Crippen molar-refractivity contribution in [3.63, 3.8) is 0 Å². The summed E-state index contributed by atoms with van der Waals surface area (Å²) in [4.78, 5) is 23.2. The molecule has 0 saturated heterocycles. The minimum Gasteiger partial charge on any atom is -0.484 e. The third kappa shape index (κ3) is 5.11. The quantitative estimate of drug-likeness (QED) is 0.659. The molecule has 0 saturated carbocycles. The lowest BCUT2D eigenvalue weighted by Gasteiger charge is -2.05. The Morgan fingerprint density at radius 1 is 1.13 bits per heavy atom. The van der Waals surface area contributed by atoms with Gasteiger partial charge in [0.2, 0.25) is 0 Å². The van der Waals surface area contributed by atoms with Gasteiger partial charge >= 0.3 is 0 Å². The Morgan fingerprint density at radius 3 is 2.52 bits per heavy atom. The highest BCUT2D eigenvalue weighted by Gasteiger charge is 2.04. The lowest BCUT2D eigenvalue weighted by Crippen LogP contribution is -2.24. The van der Waals surface area contributed by atoms with Crippen LogP contribution in [0.3, 0.4) is 0 Å². The van der Waals surface area contributed by atoms with Crippen molar-refractivity contribution in [1.29, 1.82) is 0 Å². The molecule has 0 heterocycles. The third-order valence-electron chi connectivity index (χ3n) is 3.26. The number of amides is 1. The number of likely N-dealkylation sites (N-methyl/N-ethyl adjacent to an activating group) is 1. The fraction of sp³-hybridized carbons (Fsp3) is 0.158. The number of rotatable bonds is 6. The number of allylic oxidation sites excluding steroid dienone is 1. The number of carbonyl (C=O) groups excluding carboxylic acids is 2. The van der Waals surface area contributed by atoms with E-state index < -0.39 is 0 Å². The van der Waals surface area contributed by atoms with Gasteiger partial charge in [-0.15, -0.1) is 0 Å². The third-order valence-corrected chi connectivity index (χ3v) is 3.26. The van der Waals surface area contributed by atoms with E-state index >= 15 is 0 Å². The molecule has 0 unspecified atom stereocenters. The van der Waals surface area contributed by atoms with Gasteiger partial charge in [0.1, 0.15) is 5.75 Å². The zero-order valence-electron chi connectivity index (χ0n) is 13.2. The largest absolute Gasteiger partial charge is 0.484 e. The van der Waals surface area contributed by atoms with Crippen LogP contribution in [-0.2, 0) is 4.79 Å². The summed E-state index contributed by atoms with van der Waals surface area (Å²) in [5.41, 5.74) is 2.71. The minimum atomic E-state index is -0.203. The molecule has 0 aliphatic rings. The Balaban J connectivity index is 1.98. The first kappa shape index (κ1) is 16.5. The molecule has 0 spiro atoms. The second kappa shape index (κ2) is 7.94. The molecule has 23 heavy (non-hydrogen) atoms. The fourth-order valence-corrected chi connectivity index (χ4v) is 1.98. The zero-order valence-corrected chi connectivity index (χ0v) is 13.2. The van der Waals surface area contributed by atoms with E-state index in [1.54, 1.807) is 43.5 Å². The maximum Gasteiger partial charge on any atom is 0.257 e. The van der Waals surface area contributed by atoms with Crippen LogP contribution < -0.4 is 10.1 Å². The van der Waals surface area contributed by atoms with Crippen LogP contribution in [0.2, 0.25) is 0 Å². The van der Waals surface area contributed by atoms with E-state index in [1.807, 2.05) is 31.2 Å². The number of ketones is 1. The van der Waals surface area contributed by atoms with Crippen LogP contribution in [0, 0.1) is 6.92 Å². The first-order chi connectivity index (χ1) is 11.1. The lowest BCUT2D eigenvalue weighted by atomic mass is 10.1. The first-order valence-electron chi connectivity index (χ1n) is 7.31. The molecule has 2 rings (SSSR count). The summed E-state index contributed by atoms with van der Waals surface area (Å²) in [6, 6.07) is 14.7. The Morgan fingerprint density at radius 2 is 1.87 bits per heavy atom. The second-order valence-corrected chi connectivity index (χ2v) is 5.10. The molecule has 1 amide bonds. The highest BCUT2D eigenvalue weighted by atomic mass is 16.5. The number of ether oxygens (including phenoxy) is 1. The van der Waals surface area contributed by atoms with E-state index in [4.69, 9.17) is 4.74 Å². The number of hydrogen-bond donors (Lipinski definition) is 1. The van der Waals surface area contributed by atoms with Crippen molar-refractivity contribution in [1.82, 2.24) is 5.32 Å². The number of aryl methyl sites for hydroxylation is 1. The van der Waals surface area contributed by atoms with Crippen LogP contribution in [0.15, 0.2) is 54.6 Å². The van der Waals surface area contributed by atoms with Crippen molar-refractivity contribution in [3.05, 3.63) is 71.3 Å². The number of hydrogen-bond acceptors (Lipinski definition) is 3. The van der Waals surface area contributed by atoms with Gasteiger partial charge in [-0.1, -0.05) is 35.9 Å². The lowest BCUT2D eigenvalue weighted by molar-refractivity contribution is -0.122. The topological polar surface area (TPSA) is 55.4 Å². The highest BCUT2D eigenvalue weighted by molar-refractivity contribution is 6.06. The smallest absolute Gasteiger partial charge is 0.257 e. The van der Waals surface area contributed by atoms with Gasteiger partial charge in [0, 0.05) is 12.6 Å². The Hall–Kier alpha value is -2.88. The Bertz CT molecular complexity index is 718. The molecule has 0 aliphatic heterocycles. The van der Waals surface area contributed by atoms with Crippen molar-refractivity contribution in [2.24, 2.45) is 0 Å². The van der Waals surface area contributed by atoms with E-state index in [0.29, 0.717) is 11.3 Å². The highest BCUT2D eigenvalue weighted by Crippen LogP contribution is 2.14. The van der Waals surface area contributed by atoms with Gasteiger partial charge in [0.15, 0.2) is 12.4 Å². The zero-order chi connectivity index (χ0) is 16.7. The molecule has 0 aromatic heterocycles. The first-order valence-corrected chi connectivity index (χ1v) is 7.31. The van der Waals surface area contributed by atoms with Gasteiger partial charge in [-0.25, -0.2) is 0 Å². The Labute approximate surface area is 135 Å². The number of benzene rings is 2. The molecule has 1 N–H and O–H groups in total. The summed E-state index contributed by atoms with van der Waals surface area (Å²) < 4.78 is 5.29.